The van der Waals surface area contributed by atoms with Crippen LogP contribution in [0.4, 0.5) is 0 Å². The van der Waals surface area contributed by atoms with Crippen LogP contribution in [-0.4, -0.2) is 41.5 Å². The Hall–Kier alpha value is -1.96. The molecule has 0 aromatic rings. The van der Waals surface area contributed by atoms with Gasteiger partial charge >= 0.3 is 0 Å². The Labute approximate surface area is 91.5 Å². The summed E-state index contributed by atoms with van der Waals surface area (Å²) >= 11 is 0. The Morgan fingerprint density at radius 2 is 2.31 bits per heavy atom. The average Bonchev–Trinajstić information content (AvgIpc) is 2.21. The molecule has 90 valence electrons. The minimum Gasteiger partial charge on any atom is -0.410 e. The fourth-order valence-electron chi connectivity index (χ4n) is 0.978. The van der Waals surface area contributed by atoms with Crippen LogP contribution in [0.5, 0.6) is 0 Å². The second-order valence-electron chi connectivity index (χ2n) is 2.99. The van der Waals surface area contributed by atoms with Gasteiger partial charge in [-0.15, -0.1) is 0 Å². The van der Waals surface area contributed by atoms with Gasteiger partial charge in [0.2, 0.25) is 0 Å². The maximum absolute atomic E-state index is 10.7. The van der Waals surface area contributed by atoms with Crippen molar-refractivity contribution < 1.29 is 19.7 Å². The third kappa shape index (κ3) is 4.05. The lowest BCUT2D eigenvalue weighted by atomic mass is 10.1. The van der Waals surface area contributed by atoms with Crippen molar-refractivity contribution in [3.63, 3.8) is 0 Å². The van der Waals surface area contributed by atoms with Crippen LogP contribution < -0.4 is 5.73 Å². The molecule has 0 aromatic heterocycles. The summed E-state index contributed by atoms with van der Waals surface area (Å²) in [6.45, 7) is 1.27. The number of carbonyl (C=O) groups is 1. The number of amides is 1. The van der Waals surface area contributed by atoms with E-state index in [-0.39, 0.29) is 12.2 Å². The van der Waals surface area contributed by atoms with Crippen molar-refractivity contribution in [2.75, 3.05) is 13.7 Å². The third-order valence-electron chi connectivity index (χ3n) is 1.83. The number of hydrogen-bond donors (Lipinski definition) is 2. The quantitative estimate of drug-likeness (QED) is 0.276. The van der Waals surface area contributed by atoms with Crippen molar-refractivity contribution in [1.82, 2.24) is 0 Å². The molecule has 8 heteroatoms. The first-order valence-corrected chi connectivity index (χ1v) is 4.26. The Morgan fingerprint density at radius 3 is 2.62 bits per heavy atom. The van der Waals surface area contributed by atoms with E-state index in [0.717, 1.165) is 6.08 Å². The van der Waals surface area contributed by atoms with E-state index in [1.54, 1.807) is 0 Å². The molecule has 1 amide bonds. The Kier molecular flexibility index (Phi) is 5.71. The van der Waals surface area contributed by atoms with E-state index in [9.17, 15) is 14.9 Å². The van der Waals surface area contributed by atoms with E-state index in [0.29, 0.717) is 0 Å². The zero-order chi connectivity index (χ0) is 12.7. The molecule has 3 N–H and O–H groups in total. The lowest BCUT2D eigenvalue weighted by Gasteiger charge is -2.08. The summed E-state index contributed by atoms with van der Waals surface area (Å²) in [4.78, 5) is 20.8. The predicted octanol–water partition coefficient (Wildman–Crippen LogP) is -0.460. The van der Waals surface area contributed by atoms with E-state index in [1.165, 1.54) is 14.0 Å². The highest BCUT2D eigenvalue weighted by Gasteiger charge is 2.23. The molecule has 16 heavy (non-hydrogen) atoms. The smallest absolute Gasteiger partial charge is 0.270 e. The van der Waals surface area contributed by atoms with Crippen LogP contribution in [0.3, 0.4) is 0 Å². The molecule has 0 spiro atoms. The predicted molar refractivity (Wildman–Crippen MR) is 54.8 cm³/mol. The third-order valence-corrected chi connectivity index (χ3v) is 1.83. The molecule has 0 aliphatic carbocycles. The van der Waals surface area contributed by atoms with Crippen LogP contribution in [0.1, 0.15) is 6.92 Å². The summed E-state index contributed by atoms with van der Waals surface area (Å²) in [5.74, 6) is -0.971. The van der Waals surface area contributed by atoms with Gasteiger partial charge < -0.3 is 15.7 Å². The zero-order valence-electron chi connectivity index (χ0n) is 8.91. The molecular formula is C8H13N3O5. The number of methoxy groups -OCH3 is 1. The minimum absolute atomic E-state index is 0.146. The average molecular weight is 231 g/mol. The number of primary amides is 1. The summed E-state index contributed by atoms with van der Waals surface area (Å²) in [6.07, 6.45) is 1.05. The number of nitro groups is 1. The Bertz CT molecular complexity index is 337. The van der Waals surface area contributed by atoms with Crippen molar-refractivity contribution in [2.45, 2.75) is 13.0 Å². The van der Waals surface area contributed by atoms with Crippen LogP contribution in [0.25, 0.3) is 0 Å². The highest BCUT2D eigenvalue weighted by Crippen LogP contribution is 2.06. The maximum atomic E-state index is 10.7. The number of ether oxygens (including phenoxy) is 1. The van der Waals surface area contributed by atoms with Crippen molar-refractivity contribution >= 4 is 11.6 Å². The molecule has 0 rings (SSSR count). The van der Waals surface area contributed by atoms with E-state index in [4.69, 9.17) is 10.9 Å². The SMILES string of the molecule is COCC(/C(C)=C/C(=NO)C(N)=O)[N+](=O)[O-]. The van der Waals surface area contributed by atoms with E-state index < -0.39 is 22.6 Å². The summed E-state index contributed by atoms with van der Waals surface area (Å²) in [6, 6.07) is -1.11. The molecule has 0 radical (unpaired) electrons. The van der Waals surface area contributed by atoms with E-state index in [1.807, 2.05) is 0 Å². The van der Waals surface area contributed by atoms with Gasteiger partial charge in [-0.2, -0.15) is 0 Å². The van der Waals surface area contributed by atoms with Crippen LogP contribution >= 0.6 is 0 Å². The molecule has 0 saturated carbocycles. The molecule has 0 bridgehead atoms. The summed E-state index contributed by atoms with van der Waals surface area (Å²) in [5.41, 5.74) is 4.63. The first-order chi connectivity index (χ1) is 7.43. The molecule has 0 heterocycles. The van der Waals surface area contributed by atoms with Gasteiger partial charge in [0, 0.05) is 17.6 Å². The Morgan fingerprint density at radius 1 is 1.75 bits per heavy atom. The molecule has 0 aliphatic rings. The first kappa shape index (κ1) is 14.0. The second-order valence-corrected chi connectivity index (χ2v) is 2.99. The molecule has 0 aliphatic heterocycles. The van der Waals surface area contributed by atoms with E-state index in [2.05, 4.69) is 9.89 Å². The zero-order valence-corrected chi connectivity index (χ0v) is 8.91. The molecular weight excluding hydrogens is 218 g/mol. The lowest BCUT2D eigenvalue weighted by Crippen LogP contribution is -2.28. The maximum Gasteiger partial charge on any atom is 0.270 e. The minimum atomic E-state index is -1.11. The molecule has 8 nitrogen and oxygen atoms in total. The second kappa shape index (κ2) is 6.51. The number of rotatable bonds is 6. The summed E-state index contributed by atoms with van der Waals surface area (Å²) < 4.78 is 4.66. The van der Waals surface area contributed by atoms with Gasteiger partial charge in [-0.1, -0.05) is 5.16 Å². The van der Waals surface area contributed by atoms with Crippen molar-refractivity contribution in [3.8, 4) is 0 Å². The number of carbonyl (C=O) groups excluding carboxylic acids is 1. The molecule has 1 atom stereocenters. The molecule has 1 unspecified atom stereocenters. The fourth-order valence-corrected chi connectivity index (χ4v) is 0.978. The largest absolute Gasteiger partial charge is 0.410 e. The van der Waals surface area contributed by atoms with Crippen LogP contribution in [0.15, 0.2) is 16.8 Å². The van der Waals surface area contributed by atoms with Gasteiger partial charge in [-0.25, -0.2) is 0 Å². The fraction of sp³-hybridized carbons (Fsp3) is 0.500. The number of nitrogens with zero attached hydrogens (tertiary/aromatic N) is 2. The van der Waals surface area contributed by atoms with Gasteiger partial charge in [-0.05, 0) is 13.0 Å². The molecule has 0 saturated heterocycles. The topological polar surface area (TPSA) is 128 Å². The van der Waals surface area contributed by atoms with Gasteiger partial charge in [-0.3, -0.25) is 14.9 Å². The van der Waals surface area contributed by atoms with Gasteiger partial charge in [0.1, 0.15) is 6.61 Å². The standard InChI is InChI=1S/C8H13N3O5/c1-5(3-6(10-13)8(9)12)7(4-16-2)11(14)15/h3,7,13H,4H2,1-2H3,(H2,9,12)/b5-3+,10-6?. The number of oxime groups is 1. The van der Waals surface area contributed by atoms with Crippen LogP contribution in [0.2, 0.25) is 0 Å². The van der Waals surface area contributed by atoms with Crippen molar-refractivity contribution in [1.29, 1.82) is 0 Å². The highest BCUT2D eigenvalue weighted by atomic mass is 16.6. The van der Waals surface area contributed by atoms with Crippen molar-refractivity contribution in [2.24, 2.45) is 10.9 Å². The van der Waals surface area contributed by atoms with Crippen LogP contribution in [-0.2, 0) is 9.53 Å². The first-order valence-electron chi connectivity index (χ1n) is 4.26. The van der Waals surface area contributed by atoms with Gasteiger partial charge in [0.05, 0.1) is 0 Å². The van der Waals surface area contributed by atoms with E-state index >= 15 is 0 Å². The highest BCUT2D eigenvalue weighted by molar-refractivity contribution is 6.42. The van der Waals surface area contributed by atoms with Gasteiger partial charge in [0.25, 0.3) is 11.9 Å². The summed E-state index contributed by atoms with van der Waals surface area (Å²) in [5, 5.41) is 21.7. The number of hydrogen-bond acceptors (Lipinski definition) is 6. The lowest BCUT2D eigenvalue weighted by molar-refractivity contribution is -0.515. The number of nitrogens with two attached hydrogens (primary N) is 1. The van der Waals surface area contributed by atoms with Crippen LogP contribution in [0, 0.1) is 10.1 Å². The molecule has 0 fully saturated rings. The van der Waals surface area contributed by atoms with Gasteiger partial charge in [0.15, 0.2) is 5.71 Å². The monoisotopic (exact) mass is 231 g/mol. The Balaban J connectivity index is 4.98. The summed E-state index contributed by atoms with van der Waals surface area (Å²) in [7, 11) is 1.32. The molecule has 0 aromatic carbocycles. The normalized spacial score (nSPS) is 14.6. The van der Waals surface area contributed by atoms with Crippen molar-refractivity contribution in [3.05, 3.63) is 21.8 Å².